The zero-order valence-corrected chi connectivity index (χ0v) is 5.11. The predicted molar refractivity (Wildman–Crippen MR) is 36.2 cm³/mol. The highest BCUT2D eigenvalue weighted by Crippen LogP contribution is 2.13. The van der Waals surface area contributed by atoms with Crippen molar-refractivity contribution in [3.8, 4) is 0 Å². The largest absolute Gasteiger partial charge is 0.424 e. The second-order valence-electron chi connectivity index (χ2n) is 1.90. The van der Waals surface area contributed by atoms with Gasteiger partial charge in [-0.15, -0.1) is 0 Å². The minimum atomic E-state index is 0.183. The van der Waals surface area contributed by atoms with Gasteiger partial charge in [-0.25, -0.2) is 0 Å². The third kappa shape index (κ3) is 0.621. The summed E-state index contributed by atoms with van der Waals surface area (Å²) in [4.78, 5) is 7.71. The van der Waals surface area contributed by atoms with Crippen LogP contribution in [-0.4, -0.2) is 9.97 Å². The van der Waals surface area contributed by atoms with Gasteiger partial charge >= 0.3 is 0 Å². The molecule has 0 radical (unpaired) electrons. The first kappa shape index (κ1) is 5.22. The molecule has 0 unspecified atom stereocenters. The van der Waals surface area contributed by atoms with E-state index < -0.39 is 0 Å². The van der Waals surface area contributed by atoms with Crippen LogP contribution in [-0.2, 0) is 0 Å². The molecule has 2 rings (SSSR count). The SMILES string of the molecule is Nc1nc2cnccc2o1. The normalized spacial score (nSPS) is 10.4. The monoisotopic (exact) mass is 135 g/mol. The van der Waals surface area contributed by atoms with Crippen LogP contribution in [0.25, 0.3) is 11.1 Å². The number of pyridine rings is 1. The van der Waals surface area contributed by atoms with Gasteiger partial charge in [-0.05, 0) is 0 Å². The molecule has 0 atom stereocenters. The van der Waals surface area contributed by atoms with E-state index in [1.165, 1.54) is 0 Å². The van der Waals surface area contributed by atoms with Crippen molar-refractivity contribution in [2.45, 2.75) is 0 Å². The number of fused-ring (bicyclic) bond motifs is 1. The molecule has 0 aromatic carbocycles. The van der Waals surface area contributed by atoms with Crippen molar-refractivity contribution in [1.82, 2.24) is 9.97 Å². The fourth-order valence-corrected chi connectivity index (χ4v) is 0.798. The highest BCUT2D eigenvalue weighted by atomic mass is 16.4. The van der Waals surface area contributed by atoms with Crippen LogP contribution < -0.4 is 5.73 Å². The molecule has 2 N–H and O–H groups in total. The van der Waals surface area contributed by atoms with E-state index in [1.54, 1.807) is 18.5 Å². The fourth-order valence-electron chi connectivity index (χ4n) is 0.798. The highest BCUT2D eigenvalue weighted by Gasteiger charge is 1.98. The molecule has 4 nitrogen and oxygen atoms in total. The van der Waals surface area contributed by atoms with Gasteiger partial charge in [0, 0.05) is 12.3 Å². The molecule has 2 heterocycles. The standard InChI is InChI=1S/C6H5N3O/c7-6-9-4-3-8-2-1-5(4)10-6/h1-3H,(H2,7,9). The van der Waals surface area contributed by atoms with Crippen LogP contribution >= 0.6 is 0 Å². The fraction of sp³-hybridized carbons (Fsp3) is 0. The van der Waals surface area contributed by atoms with Gasteiger partial charge in [-0.3, -0.25) is 4.98 Å². The molecule has 0 fully saturated rings. The molecule has 4 heteroatoms. The van der Waals surface area contributed by atoms with Gasteiger partial charge in [0.25, 0.3) is 6.01 Å². The zero-order valence-electron chi connectivity index (χ0n) is 5.11. The number of hydrogen-bond donors (Lipinski definition) is 1. The maximum Gasteiger partial charge on any atom is 0.293 e. The second kappa shape index (κ2) is 1.70. The van der Waals surface area contributed by atoms with E-state index >= 15 is 0 Å². The molecule has 0 bridgehead atoms. The molecule has 0 saturated carbocycles. The average molecular weight is 135 g/mol. The van der Waals surface area contributed by atoms with Crippen molar-refractivity contribution < 1.29 is 4.42 Å². The third-order valence-corrected chi connectivity index (χ3v) is 1.21. The summed E-state index contributed by atoms with van der Waals surface area (Å²) in [6.45, 7) is 0. The molecule has 10 heavy (non-hydrogen) atoms. The van der Waals surface area contributed by atoms with E-state index in [0.717, 1.165) is 0 Å². The maximum absolute atomic E-state index is 5.28. The minimum absolute atomic E-state index is 0.183. The lowest BCUT2D eigenvalue weighted by Crippen LogP contribution is -1.80. The second-order valence-corrected chi connectivity index (χ2v) is 1.90. The van der Waals surface area contributed by atoms with Crippen LogP contribution in [0.15, 0.2) is 22.9 Å². The van der Waals surface area contributed by atoms with Crippen molar-refractivity contribution >= 4 is 17.1 Å². The van der Waals surface area contributed by atoms with Crippen molar-refractivity contribution in [1.29, 1.82) is 0 Å². The van der Waals surface area contributed by atoms with Gasteiger partial charge in [0.2, 0.25) is 0 Å². The van der Waals surface area contributed by atoms with E-state index in [-0.39, 0.29) is 6.01 Å². The smallest absolute Gasteiger partial charge is 0.293 e. The number of rotatable bonds is 0. The van der Waals surface area contributed by atoms with E-state index in [2.05, 4.69) is 9.97 Å². The van der Waals surface area contributed by atoms with E-state index in [4.69, 9.17) is 10.2 Å². The Balaban J connectivity index is 2.88. The van der Waals surface area contributed by atoms with Gasteiger partial charge in [-0.1, -0.05) is 0 Å². The first-order valence-electron chi connectivity index (χ1n) is 2.82. The predicted octanol–water partition coefficient (Wildman–Crippen LogP) is 0.805. The van der Waals surface area contributed by atoms with Crippen LogP contribution in [0.4, 0.5) is 6.01 Å². The molecule has 2 aromatic heterocycles. The Labute approximate surface area is 56.7 Å². The Morgan fingerprint density at radius 2 is 2.40 bits per heavy atom. The quantitative estimate of drug-likeness (QED) is 0.580. The van der Waals surface area contributed by atoms with Gasteiger partial charge < -0.3 is 10.2 Å². The summed E-state index contributed by atoms with van der Waals surface area (Å²) in [6.07, 6.45) is 3.24. The summed E-state index contributed by atoms with van der Waals surface area (Å²) in [5, 5.41) is 0. The lowest BCUT2D eigenvalue weighted by Gasteiger charge is -1.79. The van der Waals surface area contributed by atoms with Crippen LogP contribution in [0.5, 0.6) is 0 Å². The van der Waals surface area contributed by atoms with Gasteiger partial charge in [-0.2, -0.15) is 4.98 Å². The van der Waals surface area contributed by atoms with Crippen LogP contribution in [0, 0.1) is 0 Å². The topological polar surface area (TPSA) is 64.9 Å². The first-order valence-corrected chi connectivity index (χ1v) is 2.82. The van der Waals surface area contributed by atoms with Crippen molar-refractivity contribution in [3.05, 3.63) is 18.5 Å². The zero-order chi connectivity index (χ0) is 6.97. The van der Waals surface area contributed by atoms with E-state index in [1.807, 2.05) is 0 Å². The molecular formula is C6H5N3O. The lowest BCUT2D eigenvalue weighted by molar-refractivity contribution is 0.626. The molecule has 0 saturated heterocycles. The number of nitrogen functional groups attached to an aromatic ring is 1. The molecule has 0 aliphatic carbocycles. The molecule has 2 aromatic rings. The summed E-state index contributed by atoms with van der Waals surface area (Å²) < 4.78 is 4.99. The summed E-state index contributed by atoms with van der Waals surface area (Å²) in [6, 6.07) is 1.90. The summed E-state index contributed by atoms with van der Waals surface area (Å²) >= 11 is 0. The Kier molecular flexibility index (Phi) is 0.887. The van der Waals surface area contributed by atoms with Gasteiger partial charge in [0.1, 0.15) is 5.52 Å². The van der Waals surface area contributed by atoms with Crippen LogP contribution in [0.3, 0.4) is 0 Å². The first-order chi connectivity index (χ1) is 4.86. The minimum Gasteiger partial charge on any atom is -0.424 e. The Bertz CT molecular complexity index is 322. The number of anilines is 1. The Morgan fingerprint density at radius 3 is 3.20 bits per heavy atom. The van der Waals surface area contributed by atoms with Crippen molar-refractivity contribution in [2.24, 2.45) is 0 Å². The number of oxazole rings is 1. The van der Waals surface area contributed by atoms with Crippen molar-refractivity contribution in [3.63, 3.8) is 0 Å². The molecule has 0 spiro atoms. The molecular weight excluding hydrogens is 130 g/mol. The molecule has 0 aliphatic heterocycles. The van der Waals surface area contributed by atoms with E-state index in [0.29, 0.717) is 11.1 Å². The Hall–Kier alpha value is -1.58. The lowest BCUT2D eigenvalue weighted by atomic mass is 10.4. The highest BCUT2D eigenvalue weighted by molar-refractivity contribution is 5.72. The number of aromatic nitrogens is 2. The number of hydrogen-bond acceptors (Lipinski definition) is 4. The Morgan fingerprint density at radius 1 is 1.50 bits per heavy atom. The van der Waals surface area contributed by atoms with Gasteiger partial charge in [0.15, 0.2) is 5.58 Å². The van der Waals surface area contributed by atoms with Gasteiger partial charge in [0.05, 0.1) is 6.20 Å². The number of nitrogens with two attached hydrogens (primary N) is 1. The summed E-state index contributed by atoms with van der Waals surface area (Å²) in [7, 11) is 0. The molecule has 50 valence electrons. The average Bonchev–Trinajstić information content (AvgIpc) is 2.27. The number of nitrogens with zero attached hydrogens (tertiary/aromatic N) is 2. The van der Waals surface area contributed by atoms with Crippen LogP contribution in [0.2, 0.25) is 0 Å². The summed E-state index contributed by atoms with van der Waals surface area (Å²) in [5.74, 6) is 0. The summed E-state index contributed by atoms with van der Waals surface area (Å²) in [5.41, 5.74) is 6.65. The van der Waals surface area contributed by atoms with E-state index in [9.17, 15) is 0 Å². The molecule has 0 amide bonds. The third-order valence-electron chi connectivity index (χ3n) is 1.21. The molecule has 0 aliphatic rings. The van der Waals surface area contributed by atoms with Crippen molar-refractivity contribution in [2.75, 3.05) is 5.73 Å². The van der Waals surface area contributed by atoms with Crippen LogP contribution in [0.1, 0.15) is 0 Å². The maximum atomic E-state index is 5.28.